The number of carbonyl (C=O) groups is 2. The lowest BCUT2D eigenvalue weighted by molar-refractivity contribution is 0.0492. The molecular weight excluding hydrogens is 508 g/mol. The topological polar surface area (TPSA) is 117 Å². The van der Waals surface area contributed by atoms with E-state index in [0.717, 1.165) is 16.7 Å². The fourth-order valence-corrected chi connectivity index (χ4v) is 3.59. The van der Waals surface area contributed by atoms with Crippen molar-refractivity contribution >= 4 is 12.2 Å². The Kier molecular flexibility index (Phi) is 16.9. The summed E-state index contributed by atoms with van der Waals surface area (Å²) >= 11 is 0. The van der Waals surface area contributed by atoms with Crippen molar-refractivity contribution in [1.82, 2.24) is 10.6 Å². The molecule has 0 aromatic heterocycles. The number of amides is 2. The van der Waals surface area contributed by atoms with Gasteiger partial charge in [0.25, 0.3) is 0 Å². The Morgan fingerprint density at radius 3 is 1.30 bits per heavy atom. The van der Waals surface area contributed by atoms with Crippen LogP contribution < -0.4 is 10.6 Å². The summed E-state index contributed by atoms with van der Waals surface area (Å²) in [7, 11) is 0. The molecule has 0 heterocycles. The van der Waals surface area contributed by atoms with Gasteiger partial charge in [0.1, 0.15) is 28.0 Å². The van der Waals surface area contributed by atoms with Crippen molar-refractivity contribution in [3.05, 3.63) is 53.5 Å². The van der Waals surface area contributed by atoms with Gasteiger partial charge >= 0.3 is 12.2 Å². The largest absolute Gasteiger partial charge is 0.444 e. The molecule has 2 amide bonds. The van der Waals surface area contributed by atoms with Crippen LogP contribution in [0, 0.1) is 6.42 Å². The molecule has 0 saturated carbocycles. The van der Waals surface area contributed by atoms with Gasteiger partial charge in [-0.05, 0) is 99.8 Å². The van der Waals surface area contributed by atoms with Gasteiger partial charge in [-0.15, -0.1) is 0 Å². The first-order valence-corrected chi connectivity index (χ1v) is 13.9. The summed E-state index contributed by atoms with van der Waals surface area (Å²) in [5, 5.41) is 26.8. The lowest BCUT2D eigenvalue weighted by Gasteiger charge is -2.31. The lowest BCUT2D eigenvalue weighted by atomic mass is 9.83. The molecule has 230 valence electrons. The van der Waals surface area contributed by atoms with Crippen LogP contribution >= 0.6 is 0 Å². The summed E-state index contributed by atoms with van der Waals surface area (Å²) in [6, 6.07) is 0. The Labute approximate surface area is 244 Å². The number of rotatable bonds is 11. The van der Waals surface area contributed by atoms with Gasteiger partial charge in [0.15, 0.2) is 0 Å². The Hall–Kier alpha value is -2.71. The molecule has 1 unspecified atom stereocenters. The Bertz CT molecular complexity index is 901. The maximum Gasteiger partial charge on any atom is 0.407 e. The zero-order valence-corrected chi connectivity index (χ0v) is 27.4. The monoisotopic (exact) mass is 565 g/mol. The van der Waals surface area contributed by atoms with Gasteiger partial charge in [-0.3, -0.25) is 0 Å². The Morgan fingerprint density at radius 2 is 1.02 bits per heavy atom. The normalized spacial score (nSPS) is 15.9. The smallest absolute Gasteiger partial charge is 0.407 e. The molecule has 0 aliphatic carbocycles. The molecule has 0 bridgehead atoms. The molecule has 0 aromatic rings. The predicted molar refractivity (Wildman–Crippen MR) is 165 cm³/mol. The van der Waals surface area contributed by atoms with E-state index < -0.39 is 34.6 Å². The van der Waals surface area contributed by atoms with E-state index in [1.807, 2.05) is 87.5 Å². The number of ether oxygens (including phenoxy) is 2. The maximum atomic E-state index is 11.6. The number of carbonyl (C=O) groups excluding carboxylic acids is 2. The average molecular weight is 566 g/mol. The standard InChI is InChI=1S/C16H29NO3.C16H27NO3/c2*1-8-12(3)16(19,13(4)9-2)10-11-17-14(18)20-15(5,6)7/h8-9,19H,10-11H2,1-7H3,(H,17,18);8-9,19H,3,10-11H2,1-2,4-7H3/p+1/b12-8+,13-9+;13-9+. The van der Waals surface area contributed by atoms with Gasteiger partial charge in [0, 0.05) is 45.9 Å². The molecule has 0 rings (SSSR count). The highest BCUT2D eigenvalue weighted by molar-refractivity contribution is 5.68. The van der Waals surface area contributed by atoms with Crippen molar-refractivity contribution in [3.8, 4) is 0 Å². The van der Waals surface area contributed by atoms with Crippen molar-refractivity contribution < 1.29 is 29.3 Å². The highest BCUT2D eigenvalue weighted by Crippen LogP contribution is 2.30. The molecule has 8 heteroatoms. The van der Waals surface area contributed by atoms with Crippen LogP contribution in [0.2, 0.25) is 0 Å². The molecule has 0 aromatic carbocycles. The van der Waals surface area contributed by atoms with Crippen LogP contribution in [0.15, 0.2) is 47.1 Å². The molecule has 0 aliphatic heterocycles. The second-order valence-electron chi connectivity index (χ2n) is 11.8. The molecule has 4 N–H and O–H groups in total. The van der Waals surface area contributed by atoms with Crippen LogP contribution in [0.25, 0.3) is 0 Å². The Balaban J connectivity index is 0. The second kappa shape index (κ2) is 17.2. The fraction of sp³-hybridized carbons (Fsp3) is 0.656. The van der Waals surface area contributed by atoms with Crippen molar-refractivity contribution in [2.75, 3.05) is 13.1 Å². The first kappa shape index (κ1) is 39.4. The van der Waals surface area contributed by atoms with E-state index >= 15 is 0 Å². The van der Waals surface area contributed by atoms with Crippen LogP contribution in [0.5, 0.6) is 0 Å². The number of allylic oxidation sites excluding steroid dienone is 3. The summed E-state index contributed by atoms with van der Waals surface area (Å²) in [5.74, 6) is 0. The number of alkyl carbamates (subject to hydrolysis) is 2. The van der Waals surface area contributed by atoms with Gasteiger partial charge in [0.05, 0.1) is 0 Å². The van der Waals surface area contributed by atoms with E-state index in [0.29, 0.717) is 31.5 Å². The average Bonchev–Trinajstić information content (AvgIpc) is 2.84. The van der Waals surface area contributed by atoms with Crippen molar-refractivity contribution in [3.63, 3.8) is 0 Å². The molecule has 0 spiro atoms. The van der Waals surface area contributed by atoms with Crippen LogP contribution in [-0.2, 0) is 9.47 Å². The number of aliphatic hydroxyl groups is 2. The number of hydrogen-bond donors (Lipinski definition) is 4. The van der Waals surface area contributed by atoms with Crippen molar-refractivity contribution in [2.24, 2.45) is 0 Å². The first-order valence-electron chi connectivity index (χ1n) is 13.9. The molecule has 1 atom stereocenters. The van der Waals surface area contributed by atoms with Crippen LogP contribution in [0.3, 0.4) is 0 Å². The first-order chi connectivity index (χ1) is 18.1. The third kappa shape index (κ3) is 14.6. The van der Waals surface area contributed by atoms with Crippen molar-refractivity contribution in [2.45, 2.75) is 125 Å². The van der Waals surface area contributed by atoms with Crippen molar-refractivity contribution in [1.29, 1.82) is 0 Å². The van der Waals surface area contributed by atoms with E-state index in [4.69, 9.17) is 9.47 Å². The molecule has 0 fully saturated rings. The minimum absolute atomic E-state index is 0.309. The van der Waals surface area contributed by atoms with Crippen LogP contribution in [-0.4, -0.2) is 57.9 Å². The molecule has 0 saturated heterocycles. The van der Waals surface area contributed by atoms with E-state index in [2.05, 4.69) is 17.2 Å². The van der Waals surface area contributed by atoms with Gasteiger partial charge < -0.3 is 30.3 Å². The van der Waals surface area contributed by atoms with Gasteiger partial charge in [-0.25, -0.2) is 9.59 Å². The van der Waals surface area contributed by atoms with Crippen LogP contribution in [0.4, 0.5) is 9.59 Å². The van der Waals surface area contributed by atoms with E-state index in [1.54, 1.807) is 27.2 Å². The summed E-state index contributed by atoms with van der Waals surface area (Å²) in [5.41, 5.74) is -0.0000957. The van der Waals surface area contributed by atoms with Gasteiger partial charge in [0.2, 0.25) is 0 Å². The van der Waals surface area contributed by atoms with E-state index in [1.165, 1.54) is 0 Å². The second-order valence-corrected chi connectivity index (χ2v) is 11.8. The molecule has 0 aliphatic rings. The van der Waals surface area contributed by atoms with Gasteiger partial charge in [-0.2, -0.15) is 0 Å². The highest BCUT2D eigenvalue weighted by Gasteiger charge is 2.36. The minimum Gasteiger partial charge on any atom is -0.444 e. The number of nitrogens with one attached hydrogen (secondary N) is 2. The molecule has 8 nitrogen and oxygen atoms in total. The quantitative estimate of drug-likeness (QED) is 0.159. The third-order valence-corrected chi connectivity index (χ3v) is 6.45. The minimum atomic E-state index is -1.13. The van der Waals surface area contributed by atoms with Gasteiger partial charge in [-0.1, -0.05) is 18.2 Å². The Morgan fingerprint density at radius 1 is 0.725 bits per heavy atom. The summed E-state index contributed by atoms with van der Waals surface area (Å²) in [6.45, 7) is 28.5. The molecular formula is C32H57N2O6+. The molecule has 40 heavy (non-hydrogen) atoms. The summed E-state index contributed by atoms with van der Waals surface area (Å²) in [4.78, 5) is 23.1. The SMILES string of the molecule is C/C=C(\C)C(O)(CCNC(=O)OC(C)(C)C)/C(C)=C/C.C=C([CH+]C)C(O)(CCNC(=O)OC(C)(C)C)/C(C)=C/C. The third-order valence-electron chi connectivity index (χ3n) is 6.45. The number of hydrogen-bond acceptors (Lipinski definition) is 6. The summed E-state index contributed by atoms with van der Waals surface area (Å²) in [6.07, 6.45) is 7.23. The predicted octanol–water partition coefficient (Wildman–Crippen LogP) is 6.94. The zero-order chi connectivity index (χ0) is 31.9. The molecule has 0 radical (unpaired) electrons. The van der Waals surface area contributed by atoms with E-state index in [-0.39, 0.29) is 0 Å². The lowest BCUT2D eigenvalue weighted by Crippen LogP contribution is -2.39. The zero-order valence-electron chi connectivity index (χ0n) is 27.4. The highest BCUT2D eigenvalue weighted by atomic mass is 16.6. The maximum absolute atomic E-state index is 11.6. The fourth-order valence-electron chi connectivity index (χ4n) is 3.59. The van der Waals surface area contributed by atoms with E-state index in [9.17, 15) is 19.8 Å². The van der Waals surface area contributed by atoms with Crippen LogP contribution in [0.1, 0.15) is 103 Å². The summed E-state index contributed by atoms with van der Waals surface area (Å²) < 4.78 is 10.3.